The van der Waals surface area contributed by atoms with E-state index in [1.165, 1.54) is 28.9 Å². The number of amides is 3. The third-order valence-electron chi connectivity index (χ3n) is 7.99. The molecular weight excluding hydrogens is 488 g/mol. The average molecular weight is 525 g/mol. The van der Waals surface area contributed by atoms with Crippen molar-refractivity contribution >= 4 is 27.6 Å². The van der Waals surface area contributed by atoms with Crippen LogP contribution in [0, 0.1) is 13.8 Å². The molecule has 0 N–H and O–H groups in total. The maximum absolute atomic E-state index is 13.9. The molecule has 2 aromatic carbocycles. The number of hydrogen-bond acceptors (Lipinski definition) is 5. The van der Waals surface area contributed by atoms with Crippen molar-refractivity contribution in [2.45, 2.75) is 62.9 Å². The van der Waals surface area contributed by atoms with Gasteiger partial charge in [0.2, 0.25) is 5.91 Å². The molecule has 1 aliphatic carbocycles. The molecule has 3 fully saturated rings. The van der Waals surface area contributed by atoms with Crippen LogP contribution in [-0.4, -0.2) is 79.3 Å². The first-order chi connectivity index (χ1) is 17.8. The summed E-state index contributed by atoms with van der Waals surface area (Å²) in [5, 5.41) is 0. The summed E-state index contributed by atoms with van der Waals surface area (Å²) in [5.41, 5.74) is 3.59. The number of piperazine rings is 1. The number of carbonyl (C=O) groups excluding carboxylic acids is 2. The van der Waals surface area contributed by atoms with Crippen molar-refractivity contribution in [3.63, 3.8) is 0 Å². The Labute approximate surface area is 219 Å². The zero-order valence-corrected chi connectivity index (χ0v) is 22.5. The molecule has 2 heterocycles. The van der Waals surface area contributed by atoms with Crippen LogP contribution in [0.1, 0.15) is 43.2 Å². The Balaban J connectivity index is 1.36. The molecule has 2 aliphatic heterocycles. The van der Waals surface area contributed by atoms with Crippen molar-refractivity contribution in [3.8, 4) is 0 Å². The topological polar surface area (TPSA) is 81.2 Å². The fraction of sp³-hybridized carbons (Fsp3) is 0.500. The van der Waals surface area contributed by atoms with E-state index in [0.29, 0.717) is 26.2 Å². The van der Waals surface area contributed by atoms with Gasteiger partial charge in [0.1, 0.15) is 6.04 Å². The van der Waals surface area contributed by atoms with E-state index < -0.39 is 22.1 Å². The Hall–Kier alpha value is -3.07. The highest BCUT2D eigenvalue weighted by Crippen LogP contribution is 2.33. The molecule has 8 nitrogen and oxygen atoms in total. The predicted octanol–water partition coefficient (Wildman–Crippen LogP) is 3.78. The van der Waals surface area contributed by atoms with Crippen molar-refractivity contribution in [2.75, 3.05) is 37.6 Å². The van der Waals surface area contributed by atoms with E-state index in [1.54, 1.807) is 23.1 Å². The summed E-state index contributed by atoms with van der Waals surface area (Å²) in [6.45, 7) is 6.53. The molecule has 0 radical (unpaired) electrons. The van der Waals surface area contributed by atoms with Crippen molar-refractivity contribution in [3.05, 3.63) is 59.7 Å². The largest absolute Gasteiger partial charge is 0.368 e. The molecule has 0 aromatic heterocycles. The minimum Gasteiger partial charge on any atom is -0.368 e. The highest BCUT2D eigenvalue weighted by molar-refractivity contribution is 7.89. The Morgan fingerprint density at radius 1 is 0.892 bits per heavy atom. The second-order valence-electron chi connectivity index (χ2n) is 10.4. The zero-order chi connectivity index (χ0) is 26.2. The van der Waals surface area contributed by atoms with Crippen molar-refractivity contribution in [2.24, 2.45) is 0 Å². The molecule has 1 saturated carbocycles. The maximum Gasteiger partial charge on any atom is 0.335 e. The molecule has 5 rings (SSSR count). The number of benzene rings is 2. The van der Waals surface area contributed by atoms with Gasteiger partial charge in [-0.3, -0.25) is 4.79 Å². The Bertz CT molecular complexity index is 1250. The lowest BCUT2D eigenvalue weighted by atomic mass is 9.93. The van der Waals surface area contributed by atoms with Crippen LogP contribution in [-0.2, 0) is 14.8 Å². The summed E-state index contributed by atoms with van der Waals surface area (Å²) in [4.78, 5) is 33.3. The molecule has 3 amide bonds. The van der Waals surface area contributed by atoms with Gasteiger partial charge in [0, 0.05) is 37.9 Å². The molecule has 3 aliphatic rings. The van der Waals surface area contributed by atoms with E-state index in [2.05, 4.69) is 36.9 Å². The number of rotatable bonds is 5. The van der Waals surface area contributed by atoms with Gasteiger partial charge in [0.25, 0.3) is 10.0 Å². The van der Waals surface area contributed by atoms with E-state index in [4.69, 9.17) is 0 Å². The zero-order valence-electron chi connectivity index (χ0n) is 21.7. The Morgan fingerprint density at radius 2 is 1.57 bits per heavy atom. The Kier molecular flexibility index (Phi) is 7.16. The number of hydrogen-bond donors (Lipinski definition) is 0. The first-order valence-corrected chi connectivity index (χ1v) is 14.7. The van der Waals surface area contributed by atoms with Gasteiger partial charge < -0.3 is 14.7 Å². The molecule has 198 valence electrons. The molecule has 37 heavy (non-hydrogen) atoms. The van der Waals surface area contributed by atoms with Crippen LogP contribution < -0.4 is 4.90 Å². The monoisotopic (exact) mass is 524 g/mol. The average Bonchev–Trinajstić information content (AvgIpc) is 3.28. The SMILES string of the molecule is Cc1ccc(C)c(N2CCN(C(=O)C3CN(S(=O)(=O)c4ccccc4)C(=O)N3C3CCCCC3)CC2)c1. The van der Waals surface area contributed by atoms with Crippen molar-refractivity contribution in [1.29, 1.82) is 0 Å². The third-order valence-corrected chi connectivity index (χ3v) is 9.74. The fourth-order valence-electron chi connectivity index (χ4n) is 5.91. The summed E-state index contributed by atoms with van der Waals surface area (Å²) in [7, 11) is -4.05. The highest BCUT2D eigenvalue weighted by atomic mass is 32.2. The molecule has 1 atom stereocenters. The van der Waals surface area contributed by atoms with Gasteiger partial charge in [-0.05, 0) is 56.0 Å². The maximum atomic E-state index is 13.9. The van der Waals surface area contributed by atoms with E-state index in [0.717, 1.165) is 36.4 Å². The highest BCUT2D eigenvalue weighted by Gasteiger charge is 2.50. The van der Waals surface area contributed by atoms with Crippen LogP contribution >= 0.6 is 0 Å². The molecule has 2 aromatic rings. The quantitative estimate of drug-likeness (QED) is 0.595. The van der Waals surface area contributed by atoms with Gasteiger partial charge in [-0.2, -0.15) is 0 Å². The van der Waals surface area contributed by atoms with E-state index >= 15 is 0 Å². The minimum absolute atomic E-state index is 0.0715. The third kappa shape index (κ3) is 4.93. The lowest BCUT2D eigenvalue weighted by molar-refractivity contribution is -0.136. The molecule has 0 bridgehead atoms. The number of sulfonamides is 1. The van der Waals surface area contributed by atoms with Gasteiger partial charge in [0.15, 0.2) is 0 Å². The normalized spacial score (nSPS) is 21.6. The summed E-state index contributed by atoms with van der Waals surface area (Å²) in [5.74, 6) is -0.148. The molecular formula is C28H36N4O4S. The van der Waals surface area contributed by atoms with Crippen LogP contribution in [0.3, 0.4) is 0 Å². The number of carbonyl (C=O) groups is 2. The lowest BCUT2D eigenvalue weighted by Crippen LogP contribution is -2.56. The first kappa shape index (κ1) is 25.6. The molecule has 9 heteroatoms. The van der Waals surface area contributed by atoms with Gasteiger partial charge in [-0.15, -0.1) is 0 Å². The van der Waals surface area contributed by atoms with E-state index in [9.17, 15) is 18.0 Å². The van der Waals surface area contributed by atoms with Crippen molar-refractivity contribution < 1.29 is 18.0 Å². The van der Waals surface area contributed by atoms with Gasteiger partial charge >= 0.3 is 6.03 Å². The van der Waals surface area contributed by atoms with Crippen molar-refractivity contribution in [1.82, 2.24) is 14.1 Å². The molecule has 2 saturated heterocycles. The van der Waals surface area contributed by atoms with Crippen LogP contribution in [0.25, 0.3) is 0 Å². The number of nitrogens with zero attached hydrogens (tertiary/aromatic N) is 4. The second kappa shape index (κ2) is 10.4. The summed E-state index contributed by atoms with van der Waals surface area (Å²) in [6, 6.07) is 13.0. The van der Waals surface area contributed by atoms with E-state index in [1.807, 2.05) is 4.90 Å². The van der Waals surface area contributed by atoms with Gasteiger partial charge in [-0.1, -0.05) is 49.6 Å². The molecule has 1 unspecified atom stereocenters. The summed E-state index contributed by atoms with van der Waals surface area (Å²) in [6.07, 6.45) is 4.67. The number of anilines is 1. The minimum atomic E-state index is -4.05. The van der Waals surface area contributed by atoms with Crippen LogP contribution in [0.4, 0.5) is 10.5 Å². The number of urea groups is 1. The smallest absolute Gasteiger partial charge is 0.335 e. The second-order valence-corrected chi connectivity index (χ2v) is 12.3. The fourth-order valence-corrected chi connectivity index (χ4v) is 7.30. The first-order valence-electron chi connectivity index (χ1n) is 13.3. The molecule has 0 spiro atoms. The Morgan fingerprint density at radius 3 is 2.24 bits per heavy atom. The standard InChI is InChI=1S/C28H36N4O4S/c1-21-13-14-22(2)25(19-21)29-15-17-30(18-16-29)27(33)26-20-31(37(35,36)24-11-7-4-8-12-24)28(34)32(26)23-9-5-3-6-10-23/h4,7-8,11-14,19,23,26H,3,5-6,9-10,15-18,20H2,1-2H3. The summed E-state index contributed by atoms with van der Waals surface area (Å²) < 4.78 is 27.8. The van der Waals surface area contributed by atoms with Gasteiger partial charge in [0.05, 0.1) is 11.4 Å². The van der Waals surface area contributed by atoms with Crippen LogP contribution in [0.2, 0.25) is 0 Å². The lowest BCUT2D eigenvalue weighted by Gasteiger charge is -2.40. The van der Waals surface area contributed by atoms with Crippen LogP contribution in [0.5, 0.6) is 0 Å². The van der Waals surface area contributed by atoms with Gasteiger partial charge in [-0.25, -0.2) is 17.5 Å². The summed E-state index contributed by atoms with van der Waals surface area (Å²) >= 11 is 0. The predicted molar refractivity (Wildman–Crippen MR) is 143 cm³/mol. The van der Waals surface area contributed by atoms with Crippen LogP contribution in [0.15, 0.2) is 53.4 Å². The number of aryl methyl sites for hydroxylation is 2. The van der Waals surface area contributed by atoms with E-state index in [-0.39, 0.29) is 23.4 Å².